The molecule has 0 atom stereocenters. The highest BCUT2D eigenvalue weighted by Gasteiger charge is 2.04. The highest BCUT2D eigenvalue weighted by molar-refractivity contribution is 9.08. The van der Waals surface area contributed by atoms with Crippen molar-refractivity contribution in [3.8, 4) is 0 Å². The van der Waals surface area contributed by atoms with E-state index in [0.29, 0.717) is 16.8 Å². The van der Waals surface area contributed by atoms with Crippen LogP contribution in [0.5, 0.6) is 0 Å². The van der Waals surface area contributed by atoms with Gasteiger partial charge in [-0.15, -0.1) is 0 Å². The lowest BCUT2D eigenvalue weighted by Gasteiger charge is -1.90. The number of nitrogens with zero attached hydrogens (tertiary/aromatic N) is 1. The predicted molar refractivity (Wildman–Crippen MR) is 63.3 cm³/mol. The molecule has 0 amide bonds. The third kappa shape index (κ3) is 2.30. The first-order chi connectivity index (χ1) is 7.69. The average Bonchev–Trinajstić information content (AvgIpc) is 2.68. The molecule has 16 heavy (non-hydrogen) atoms. The van der Waals surface area contributed by atoms with Gasteiger partial charge in [-0.05, 0) is 23.8 Å². The monoisotopic (exact) mass is 281 g/mol. The smallest absolute Gasteiger partial charge is 0.328 e. The number of oxazole rings is 1. The summed E-state index contributed by atoms with van der Waals surface area (Å²) in [4.78, 5) is 14.6. The maximum absolute atomic E-state index is 10.4. The first-order valence-corrected chi connectivity index (χ1v) is 5.67. The fraction of sp³-hybridized carbons (Fsp3) is 0.0909. The van der Waals surface area contributed by atoms with Crippen molar-refractivity contribution >= 4 is 39.1 Å². The van der Waals surface area contributed by atoms with Crippen LogP contribution in [0.3, 0.4) is 0 Å². The van der Waals surface area contributed by atoms with E-state index in [4.69, 9.17) is 9.52 Å². The Morgan fingerprint density at radius 2 is 2.38 bits per heavy atom. The van der Waals surface area contributed by atoms with Crippen LogP contribution in [0.4, 0.5) is 0 Å². The molecule has 0 spiro atoms. The summed E-state index contributed by atoms with van der Waals surface area (Å²) in [6.45, 7) is 0. The van der Waals surface area contributed by atoms with Crippen LogP contribution in [0.1, 0.15) is 11.5 Å². The second-order valence-corrected chi connectivity index (χ2v) is 3.70. The van der Waals surface area contributed by atoms with E-state index in [1.54, 1.807) is 18.2 Å². The third-order valence-electron chi connectivity index (χ3n) is 1.99. The number of rotatable bonds is 3. The molecule has 82 valence electrons. The molecular weight excluding hydrogens is 274 g/mol. The molecule has 1 aromatic heterocycles. The minimum atomic E-state index is -0.971. The molecule has 0 aliphatic carbocycles. The van der Waals surface area contributed by atoms with Crippen LogP contribution in [-0.4, -0.2) is 16.1 Å². The van der Waals surface area contributed by atoms with Crippen molar-refractivity contribution in [1.29, 1.82) is 0 Å². The number of carbonyl (C=O) groups is 1. The lowest BCUT2D eigenvalue weighted by atomic mass is 10.2. The number of carboxylic acid groups (broad SMARTS) is 1. The second kappa shape index (κ2) is 4.49. The fourth-order valence-electron chi connectivity index (χ4n) is 1.32. The van der Waals surface area contributed by atoms with Gasteiger partial charge in [0.2, 0.25) is 5.89 Å². The van der Waals surface area contributed by atoms with Crippen molar-refractivity contribution in [2.75, 3.05) is 0 Å². The van der Waals surface area contributed by atoms with Gasteiger partial charge in [-0.2, -0.15) is 0 Å². The molecule has 4 nitrogen and oxygen atoms in total. The van der Waals surface area contributed by atoms with Crippen LogP contribution >= 0.6 is 15.9 Å². The summed E-state index contributed by atoms with van der Waals surface area (Å²) in [5.41, 5.74) is 2.20. The summed E-state index contributed by atoms with van der Waals surface area (Å²) in [6, 6.07) is 5.34. The highest BCUT2D eigenvalue weighted by atomic mass is 79.9. The Balaban J connectivity index is 2.39. The van der Waals surface area contributed by atoms with Gasteiger partial charge >= 0.3 is 5.97 Å². The average molecular weight is 282 g/mol. The topological polar surface area (TPSA) is 63.3 Å². The number of halogens is 1. The zero-order valence-electron chi connectivity index (χ0n) is 8.18. The summed E-state index contributed by atoms with van der Waals surface area (Å²) in [5.74, 6) is -0.365. The van der Waals surface area contributed by atoms with Crippen LogP contribution < -0.4 is 0 Å². The number of aromatic nitrogens is 1. The van der Waals surface area contributed by atoms with Crippen molar-refractivity contribution in [2.24, 2.45) is 0 Å². The molecule has 0 fully saturated rings. The molecule has 0 unspecified atom stereocenters. The van der Waals surface area contributed by atoms with Gasteiger partial charge in [-0.3, -0.25) is 0 Å². The summed E-state index contributed by atoms with van der Waals surface area (Å²) in [6.07, 6.45) is 2.61. The molecule has 5 heteroatoms. The van der Waals surface area contributed by atoms with E-state index in [9.17, 15) is 4.79 Å². The summed E-state index contributed by atoms with van der Waals surface area (Å²) < 4.78 is 5.40. The van der Waals surface area contributed by atoms with Gasteiger partial charge < -0.3 is 9.52 Å². The van der Waals surface area contributed by atoms with E-state index in [1.807, 2.05) is 0 Å². The molecule has 0 aliphatic rings. The van der Waals surface area contributed by atoms with Crippen molar-refractivity contribution in [3.05, 3.63) is 35.7 Å². The Bertz CT molecular complexity index is 559. The molecule has 0 bridgehead atoms. The van der Waals surface area contributed by atoms with Gasteiger partial charge in [-0.1, -0.05) is 22.0 Å². The van der Waals surface area contributed by atoms with Crippen molar-refractivity contribution in [3.63, 3.8) is 0 Å². The van der Waals surface area contributed by atoms with E-state index in [0.717, 1.165) is 17.2 Å². The molecule has 2 rings (SSSR count). The van der Waals surface area contributed by atoms with E-state index in [2.05, 4.69) is 20.9 Å². The Kier molecular flexibility index (Phi) is 3.05. The number of hydrogen-bond acceptors (Lipinski definition) is 3. The predicted octanol–water partition coefficient (Wildman–Crippen LogP) is 2.82. The molecule has 2 aromatic rings. The van der Waals surface area contributed by atoms with E-state index < -0.39 is 5.97 Å². The minimum absolute atomic E-state index is 0.558. The Labute approximate surface area is 99.7 Å². The summed E-state index contributed by atoms with van der Waals surface area (Å²) in [5, 5.41) is 9.06. The Hall–Kier alpha value is -1.62. The van der Waals surface area contributed by atoms with E-state index in [-0.39, 0.29) is 0 Å². The highest BCUT2D eigenvalue weighted by Crippen LogP contribution is 2.19. The fourth-order valence-corrected chi connectivity index (χ4v) is 1.56. The second-order valence-electron chi connectivity index (χ2n) is 3.14. The minimum Gasteiger partial charge on any atom is -0.478 e. The van der Waals surface area contributed by atoms with Gasteiger partial charge in [0.15, 0.2) is 5.58 Å². The SMILES string of the molecule is O=C(O)/C=C/c1ccc2oc(CBr)nc2c1. The lowest BCUT2D eigenvalue weighted by molar-refractivity contribution is -0.131. The maximum Gasteiger partial charge on any atom is 0.328 e. The molecule has 0 saturated heterocycles. The van der Waals surface area contributed by atoms with Gasteiger partial charge in [0, 0.05) is 6.08 Å². The number of hydrogen-bond donors (Lipinski definition) is 1. The number of benzene rings is 1. The molecule has 1 heterocycles. The molecule has 0 saturated carbocycles. The molecule has 0 radical (unpaired) electrons. The molecule has 1 N–H and O–H groups in total. The molecule has 1 aromatic carbocycles. The van der Waals surface area contributed by atoms with Gasteiger partial charge in [0.05, 0.1) is 5.33 Å². The quantitative estimate of drug-likeness (QED) is 0.694. The maximum atomic E-state index is 10.4. The molecular formula is C11H8BrNO3. The largest absolute Gasteiger partial charge is 0.478 e. The third-order valence-corrected chi connectivity index (χ3v) is 2.47. The number of carboxylic acids is 1. The van der Waals surface area contributed by atoms with Crippen molar-refractivity contribution < 1.29 is 14.3 Å². The number of aliphatic carboxylic acids is 1. The zero-order valence-corrected chi connectivity index (χ0v) is 9.77. The van der Waals surface area contributed by atoms with Gasteiger partial charge in [0.25, 0.3) is 0 Å². The normalized spacial score (nSPS) is 11.3. The lowest BCUT2D eigenvalue weighted by Crippen LogP contribution is -1.85. The standard InChI is InChI=1S/C11H8BrNO3/c12-6-10-13-8-5-7(2-4-11(14)15)1-3-9(8)16-10/h1-5H,6H2,(H,14,15)/b4-2+. The van der Waals surface area contributed by atoms with Crippen LogP contribution in [0.2, 0.25) is 0 Å². The number of fused-ring (bicyclic) bond motifs is 1. The van der Waals surface area contributed by atoms with Crippen LogP contribution in [0.15, 0.2) is 28.7 Å². The van der Waals surface area contributed by atoms with Gasteiger partial charge in [0.1, 0.15) is 5.52 Å². The van der Waals surface area contributed by atoms with Crippen LogP contribution in [-0.2, 0) is 10.1 Å². The number of alkyl halides is 1. The van der Waals surface area contributed by atoms with Crippen LogP contribution in [0, 0.1) is 0 Å². The van der Waals surface area contributed by atoms with Crippen molar-refractivity contribution in [2.45, 2.75) is 5.33 Å². The summed E-state index contributed by atoms with van der Waals surface area (Å²) in [7, 11) is 0. The Morgan fingerprint density at radius 3 is 3.06 bits per heavy atom. The van der Waals surface area contributed by atoms with Crippen LogP contribution in [0.25, 0.3) is 17.2 Å². The summed E-state index contributed by atoms with van der Waals surface area (Å²) >= 11 is 3.26. The van der Waals surface area contributed by atoms with Gasteiger partial charge in [-0.25, -0.2) is 9.78 Å². The van der Waals surface area contributed by atoms with E-state index in [1.165, 1.54) is 6.08 Å². The van der Waals surface area contributed by atoms with Crippen molar-refractivity contribution in [1.82, 2.24) is 4.98 Å². The first kappa shape index (κ1) is 10.9. The first-order valence-electron chi connectivity index (χ1n) is 4.55. The molecule has 0 aliphatic heterocycles. The zero-order chi connectivity index (χ0) is 11.5. The van der Waals surface area contributed by atoms with E-state index >= 15 is 0 Å². The Morgan fingerprint density at radius 1 is 1.56 bits per heavy atom.